The third kappa shape index (κ3) is 21.8. The maximum atomic E-state index is 9.49. The van der Waals surface area contributed by atoms with Crippen molar-refractivity contribution in [1.29, 1.82) is 0 Å². The van der Waals surface area contributed by atoms with Gasteiger partial charge in [-0.2, -0.15) is 0 Å². The van der Waals surface area contributed by atoms with E-state index in [1.165, 1.54) is 45.4 Å². The number of hydrogen-bond donors (Lipinski definition) is 0. The third-order valence-electron chi connectivity index (χ3n) is 2.38. The Labute approximate surface area is 114 Å². The number of carbonyl (C=O) groups is 1. The quantitative estimate of drug-likeness (QED) is 0.384. The normalized spacial score (nSPS) is 9.18. The molecule has 0 aromatic rings. The number of hydrogen-bond acceptors (Lipinski definition) is 2. The molecule has 0 unspecified atom stereocenters. The maximum absolute atomic E-state index is 9.49. The van der Waals surface area contributed by atoms with Gasteiger partial charge in [-0.1, -0.05) is 6.58 Å². The molecule has 0 amide bonds. The SMILES string of the molecule is C=C(C)C(=O)[O-].CCCCCCC[CH2][Sn+]([CH3])[CH3]. The molecule has 0 bridgehead atoms. The Morgan fingerprint density at radius 1 is 1.12 bits per heavy atom. The summed E-state index contributed by atoms with van der Waals surface area (Å²) in [6.45, 7) is 6.76. The molecule has 0 saturated heterocycles. The van der Waals surface area contributed by atoms with Crippen molar-refractivity contribution in [3.63, 3.8) is 0 Å². The molecule has 17 heavy (non-hydrogen) atoms. The Kier molecular flexibility index (Phi) is 16.0. The van der Waals surface area contributed by atoms with Crippen LogP contribution in [0.4, 0.5) is 0 Å². The summed E-state index contributed by atoms with van der Waals surface area (Å²) in [4.78, 5) is 14.5. The molecule has 0 aliphatic carbocycles. The number of unbranched alkanes of at least 4 members (excludes halogenated alkanes) is 5. The van der Waals surface area contributed by atoms with Gasteiger partial charge < -0.3 is 9.90 Å². The Bertz CT molecular complexity index is 188. The van der Waals surface area contributed by atoms with Crippen molar-refractivity contribution in [3.05, 3.63) is 12.2 Å². The summed E-state index contributed by atoms with van der Waals surface area (Å²) >= 11 is -0.701. The molecule has 0 heterocycles. The molecule has 2 nitrogen and oxygen atoms in total. The van der Waals surface area contributed by atoms with Gasteiger partial charge in [0.15, 0.2) is 0 Å². The van der Waals surface area contributed by atoms with E-state index in [0.717, 1.165) is 0 Å². The second-order valence-corrected chi connectivity index (χ2v) is 13.1. The van der Waals surface area contributed by atoms with Crippen LogP contribution in [0.1, 0.15) is 52.4 Å². The van der Waals surface area contributed by atoms with Gasteiger partial charge in [0.25, 0.3) is 0 Å². The van der Waals surface area contributed by atoms with Crippen LogP contribution in [0.15, 0.2) is 12.2 Å². The van der Waals surface area contributed by atoms with Gasteiger partial charge in [0.2, 0.25) is 0 Å². The van der Waals surface area contributed by atoms with E-state index >= 15 is 0 Å². The second-order valence-electron chi connectivity index (χ2n) is 4.79. The predicted molar refractivity (Wildman–Crippen MR) is 75.5 cm³/mol. The standard InChI is InChI=1S/C8H17.C4H6O2.2CH3.Sn/c1-3-5-7-8-6-4-2;1-3(2)4(5)6;;;/h1,3-8H2,2H3;1H2,2H3,(H,5,6);2*1H3;/q;;;;+1/p-1. The summed E-state index contributed by atoms with van der Waals surface area (Å²) in [5.74, 6) is -1.19. The molecule has 3 heteroatoms. The van der Waals surface area contributed by atoms with Crippen LogP contribution in [0.3, 0.4) is 0 Å². The van der Waals surface area contributed by atoms with Crippen molar-refractivity contribution in [1.82, 2.24) is 0 Å². The molecule has 0 N–H and O–H groups in total. The van der Waals surface area contributed by atoms with E-state index in [2.05, 4.69) is 23.4 Å². The van der Waals surface area contributed by atoms with E-state index < -0.39 is 25.7 Å². The summed E-state index contributed by atoms with van der Waals surface area (Å²) in [7, 11) is 0. The van der Waals surface area contributed by atoms with Crippen molar-refractivity contribution < 1.29 is 9.90 Å². The summed E-state index contributed by atoms with van der Waals surface area (Å²) in [5, 5.41) is 9.49. The Hall–Kier alpha value is 0.00870. The summed E-state index contributed by atoms with van der Waals surface area (Å²) in [6.07, 6.45) is 8.83. The fraction of sp³-hybridized carbons (Fsp3) is 0.786. The summed E-state index contributed by atoms with van der Waals surface area (Å²) in [6, 6.07) is 0. The topological polar surface area (TPSA) is 40.1 Å². The van der Waals surface area contributed by atoms with Gasteiger partial charge in [0, 0.05) is 0 Å². The van der Waals surface area contributed by atoms with Gasteiger partial charge in [0.1, 0.15) is 0 Å². The van der Waals surface area contributed by atoms with E-state index in [0.29, 0.717) is 0 Å². The van der Waals surface area contributed by atoms with Gasteiger partial charge in [-0.05, 0) is 12.5 Å². The average Bonchev–Trinajstić information content (AvgIpc) is 2.23. The first-order valence-corrected chi connectivity index (χ1v) is 14.3. The zero-order chi connectivity index (χ0) is 13.7. The monoisotopic (exact) mass is 348 g/mol. The molecule has 0 spiro atoms. The van der Waals surface area contributed by atoms with Crippen molar-refractivity contribution >= 4 is 25.7 Å². The number of carboxylic acids is 1. The van der Waals surface area contributed by atoms with Gasteiger partial charge in [-0.15, -0.1) is 0 Å². The molecule has 0 aromatic carbocycles. The fourth-order valence-corrected chi connectivity index (χ4v) is 3.99. The van der Waals surface area contributed by atoms with E-state index in [-0.39, 0.29) is 5.57 Å². The van der Waals surface area contributed by atoms with E-state index in [1.807, 2.05) is 0 Å². The van der Waals surface area contributed by atoms with E-state index in [9.17, 15) is 9.90 Å². The average molecular weight is 347 g/mol. The molecule has 0 aliphatic heterocycles. The minimum atomic E-state index is -1.19. The van der Waals surface area contributed by atoms with Gasteiger partial charge in [-0.25, -0.2) is 0 Å². The molecule has 100 valence electrons. The minimum absolute atomic E-state index is 0.0648. The molecule has 0 radical (unpaired) electrons. The second kappa shape index (κ2) is 14.1. The number of carboxylic acid groups (broad SMARTS) is 1. The van der Waals surface area contributed by atoms with Gasteiger partial charge in [-0.3, -0.25) is 0 Å². The molecule has 0 saturated carbocycles. The first-order chi connectivity index (χ1) is 7.91. The molecule has 0 aromatic heterocycles. The van der Waals surface area contributed by atoms with Crippen LogP contribution in [0.5, 0.6) is 0 Å². The van der Waals surface area contributed by atoms with Crippen LogP contribution in [-0.2, 0) is 4.79 Å². The van der Waals surface area contributed by atoms with Crippen LogP contribution in [0.25, 0.3) is 0 Å². The van der Waals surface area contributed by atoms with Crippen molar-refractivity contribution in [2.45, 2.75) is 66.7 Å². The molecule has 0 fully saturated rings. The Morgan fingerprint density at radius 2 is 1.53 bits per heavy atom. The molecule has 0 rings (SSSR count). The van der Waals surface area contributed by atoms with Gasteiger partial charge >= 0.3 is 79.5 Å². The molecule has 0 atom stereocenters. The zero-order valence-corrected chi connectivity index (χ0v) is 14.8. The number of rotatable bonds is 8. The first-order valence-electron chi connectivity index (χ1n) is 6.57. The van der Waals surface area contributed by atoms with Crippen LogP contribution in [0.2, 0.25) is 14.3 Å². The molecular weight excluding hydrogens is 319 g/mol. The van der Waals surface area contributed by atoms with Gasteiger partial charge in [0.05, 0.1) is 5.97 Å². The number of aliphatic carboxylic acids is 1. The van der Waals surface area contributed by atoms with Crippen LogP contribution in [0, 0.1) is 0 Å². The first kappa shape index (κ1) is 19.4. The number of carbonyl (C=O) groups excluding carboxylic acids is 1. The summed E-state index contributed by atoms with van der Waals surface area (Å²) in [5.41, 5.74) is 0.0648. The van der Waals surface area contributed by atoms with Crippen molar-refractivity contribution in [2.24, 2.45) is 0 Å². The fourth-order valence-electron chi connectivity index (χ4n) is 1.26. The predicted octanol–water partition coefficient (Wildman–Crippen LogP) is 3.41. The molecular formula is C14H28O2Sn. The zero-order valence-electron chi connectivity index (χ0n) is 12.0. The van der Waals surface area contributed by atoms with Crippen LogP contribution in [-0.4, -0.2) is 25.7 Å². The van der Waals surface area contributed by atoms with Crippen LogP contribution < -0.4 is 5.11 Å². The third-order valence-corrected chi connectivity index (χ3v) is 6.24. The van der Waals surface area contributed by atoms with Crippen LogP contribution >= 0.6 is 0 Å². The van der Waals surface area contributed by atoms with Crippen molar-refractivity contribution in [3.8, 4) is 0 Å². The van der Waals surface area contributed by atoms with E-state index in [4.69, 9.17) is 0 Å². The Morgan fingerprint density at radius 3 is 1.88 bits per heavy atom. The van der Waals surface area contributed by atoms with E-state index in [1.54, 1.807) is 4.44 Å². The Balaban J connectivity index is 0. The van der Waals surface area contributed by atoms with Crippen molar-refractivity contribution in [2.75, 3.05) is 0 Å². The molecule has 0 aliphatic rings. The summed E-state index contributed by atoms with van der Waals surface area (Å²) < 4.78 is 1.62.